The molecule has 0 bridgehead atoms. The molecular weight excluding hydrogens is 527 g/mol. The van der Waals surface area contributed by atoms with E-state index in [2.05, 4.69) is 9.73 Å². The van der Waals surface area contributed by atoms with Crippen LogP contribution in [0.15, 0.2) is 63.5 Å². The van der Waals surface area contributed by atoms with E-state index in [9.17, 15) is 18.8 Å². The van der Waals surface area contributed by atoms with Gasteiger partial charge in [0.05, 0.1) is 42.2 Å². The zero-order valence-electron chi connectivity index (χ0n) is 21.9. The monoisotopic (exact) mass is 554 g/mol. The van der Waals surface area contributed by atoms with Gasteiger partial charge in [0.2, 0.25) is 0 Å². The molecule has 1 aliphatic rings. The van der Waals surface area contributed by atoms with E-state index in [1.807, 2.05) is 0 Å². The second-order valence-electron chi connectivity index (χ2n) is 8.33. The maximum atomic E-state index is 14.4. The molecule has 0 unspecified atom stereocenters. The van der Waals surface area contributed by atoms with Gasteiger partial charge < -0.3 is 18.9 Å². The molecule has 0 amide bonds. The van der Waals surface area contributed by atoms with Crippen molar-refractivity contribution in [3.8, 4) is 11.5 Å². The summed E-state index contributed by atoms with van der Waals surface area (Å²) in [5, 5.41) is 0. The number of hydrogen-bond donors (Lipinski definition) is 0. The molecule has 1 aliphatic heterocycles. The SMILES string of the molecule is CCOC(=O)C1=C(C)N=c2s/c(=C\c3ccccc3F)c(=O)n2[C@H]1c1ccc(OCC(=O)OC)c(OCC)c1. The molecule has 1 aromatic heterocycles. The fourth-order valence-electron chi connectivity index (χ4n) is 4.12. The number of benzene rings is 2. The van der Waals surface area contributed by atoms with Crippen LogP contribution in [-0.4, -0.2) is 43.4 Å². The van der Waals surface area contributed by atoms with Gasteiger partial charge in [-0.05, 0) is 50.6 Å². The molecule has 39 heavy (non-hydrogen) atoms. The second kappa shape index (κ2) is 12.1. The van der Waals surface area contributed by atoms with Crippen LogP contribution in [0.4, 0.5) is 4.39 Å². The average molecular weight is 555 g/mol. The minimum absolute atomic E-state index is 0.130. The summed E-state index contributed by atoms with van der Waals surface area (Å²) in [5.74, 6) is -1.04. The summed E-state index contributed by atoms with van der Waals surface area (Å²) < 4.78 is 37.3. The van der Waals surface area contributed by atoms with Crippen molar-refractivity contribution in [1.82, 2.24) is 4.57 Å². The standard InChI is InChI=1S/C28H27FN2O7S/c1-5-36-21-13-18(11-12-20(21)38-15-23(32)35-4)25-24(27(34)37-6-2)16(3)30-28-31(25)26(33)22(39-28)14-17-9-7-8-10-19(17)29/h7-14,25H,5-6,15H2,1-4H3/b22-14-/t25-/m0/s1. The Hall–Kier alpha value is -4.25. The minimum Gasteiger partial charge on any atom is -0.490 e. The summed E-state index contributed by atoms with van der Waals surface area (Å²) in [6, 6.07) is 10.1. The fourth-order valence-corrected chi connectivity index (χ4v) is 5.16. The lowest BCUT2D eigenvalue weighted by atomic mass is 9.95. The lowest BCUT2D eigenvalue weighted by Crippen LogP contribution is -2.40. The molecule has 0 aliphatic carbocycles. The molecular formula is C28H27FN2O7S. The molecule has 0 saturated carbocycles. The van der Waals surface area contributed by atoms with E-state index < -0.39 is 29.4 Å². The fraction of sp³-hybridized carbons (Fsp3) is 0.286. The van der Waals surface area contributed by atoms with Gasteiger partial charge in [0, 0.05) is 5.56 Å². The smallest absolute Gasteiger partial charge is 0.343 e. The average Bonchev–Trinajstić information content (AvgIpc) is 3.22. The van der Waals surface area contributed by atoms with Gasteiger partial charge in [-0.3, -0.25) is 9.36 Å². The summed E-state index contributed by atoms with van der Waals surface area (Å²) in [6.07, 6.45) is 1.47. The van der Waals surface area contributed by atoms with E-state index in [1.54, 1.807) is 57.2 Å². The summed E-state index contributed by atoms with van der Waals surface area (Å²) >= 11 is 1.09. The van der Waals surface area contributed by atoms with E-state index in [0.717, 1.165) is 11.3 Å². The highest BCUT2D eigenvalue weighted by Crippen LogP contribution is 2.36. The third-order valence-corrected chi connectivity index (χ3v) is 6.85. The van der Waals surface area contributed by atoms with Crippen LogP contribution in [0.25, 0.3) is 6.08 Å². The zero-order chi connectivity index (χ0) is 28.1. The first kappa shape index (κ1) is 27.8. The van der Waals surface area contributed by atoms with Crippen molar-refractivity contribution < 1.29 is 32.9 Å². The Kier molecular flexibility index (Phi) is 8.60. The van der Waals surface area contributed by atoms with Crippen molar-refractivity contribution in [3.63, 3.8) is 0 Å². The molecule has 11 heteroatoms. The number of carbonyl (C=O) groups is 2. The predicted molar refractivity (Wildman–Crippen MR) is 142 cm³/mol. The highest BCUT2D eigenvalue weighted by Gasteiger charge is 2.34. The van der Waals surface area contributed by atoms with Crippen LogP contribution in [0.5, 0.6) is 11.5 Å². The highest BCUT2D eigenvalue weighted by atomic mass is 32.1. The molecule has 0 fully saturated rings. The van der Waals surface area contributed by atoms with E-state index in [1.165, 1.54) is 23.8 Å². The number of methoxy groups -OCH3 is 1. The normalized spacial score (nSPS) is 14.9. The number of hydrogen-bond acceptors (Lipinski definition) is 9. The Morgan fingerprint density at radius 2 is 1.87 bits per heavy atom. The third-order valence-electron chi connectivity index (χ3n) is 5.87. The number of nitrogens with zero attached hydrogens (tertiary/aromatic N) is 2. The molecule has 0 saturated heterocycles. The first-order valence-corrected chi connectivity index (χ1v) is 13.0. The predicted octanol–water partition coefficient (Wildman–Crippen LogP) is 2.89. The van der Waals surface area contributed by atoms with E-state index in [0.29, 0.717) is 28.4 Å². The third kappa shape index (κ3) is 5.78. The molecule has 2 heterocycles. The van der Waals surface area contributed by atoms with Gasteiger partial charge in [-0.25, -0.2) is 19.0 Å². The van der Waals surface area contributed by atoms with Crippen molar-refractivity contribution in [3.05, 3.63) is 90.4 Å². The number of allylic oxidation sites excluding steroid dienone is 1. The van der Waals surface area contributed by atoms with Gasteiger partial charge in [0.15, 0.2) is 22.9 Å². The largest absolute Gasteiger partial charge is 0.490 e. The van der Waals surface area contributed by atoms with Crippen LogP contribution in [0, 0.1) is 5.82 Å². The minimum atomic E-state index is -0.906. The van der Waals surface area contributed by atoms with Gasteiger partial charge in [0.25, 0.3) is 5.56 Å². The zero-order valence-corrected chi connectivity index (χ0v) is 22.7. The van der Waals surface area contributed by atoms with Gasteiger partial charge >= 0.3 is 11.9 Å². The van der Waals surface area contributed by atoms with Crippen LogP contribution < -0.4 is 24.4 Å². The number of carbonyl (C=O) groups excluding carboxylic acids is 2. The molecule has 4 rings (SSSR count). The Morgan fingerprint density at radius 1 is 1.10 bits per heavy atom. The molecule has 3 aromatic rings. The van der Waals surface area contributed by atoms with Crippen LogP contribution in [0.3, 0.4) is 0 Å². The van der Waals surface area contributed by atoms with Gasteiger partial charge in [-0.2, -0.15) is 0 Å². The van der Waals surface area contributed by atoms with Crippen LogP contribution in [0.2, 0.25) is 0 Å². The Bertz CT molecular complexity index is 1620. The molecule has 0 radical (unpaired) electrons. The molecule has 0 N–H and O–H groups in total. The number of rotatable bonds is 9. The lowest BCUT2D eigenvalue weighted by molar-refractivity contribution is -0.143. The number of fused-ring (bicyclic) bond motifs is 1. The van der Waals surface area contributed by atoms with Crippen molar-refractivity contribution in [1.29, 1.82) is 0 Å². The van der Waals surface area contributed by atoms with E-state index in [4.69, 9.17) is 14.2 Å². The Balaban J connectivity index is 1.91. The van der Waals surface area contributed by atoms with Crippen LogP contribution >= 0.6 is 11.3 Å². The van der Waals surface area contributed by atoms with Crippen molar-refractivity contribution in [2.75, 3.05) is 26.9 Å². The summed E-state index contributed by atoms with van der Waals surface area (Å²) in [6.45, 7) is 5.25. The van der Waals surface area contributed by atoms with Crippen LogP contribution in [0.1, 0.15) is 37.9 Å². The molecule has 1 atom stereocenters. The topological polar surface area (TPSA) is 105 Å². The second-order valence-corrected chi connectivity index (χ2v) is 9.34. The van der Waals surface area contributed by atoms with Gasteiger partial charge in [0.1, 0.15) is 5.82 Å². The van der Waals surface area contributed by atoms with Gasteiger partial charge in [-0.1, -0.05) is 35.6 Å². The number of esters is 2. The molecule has 0 spiro atoms. The number of ether oxygens (including phenoxy) is 4. The summed E-state index contributed by atoms with van der Waals surface area (Å²) in [4.78, 5) is 43.3. The maximum Gasteiger partial charge on any atom is 0.343 e. The van der Waals surface area contributed by atoms with Gasteiger partial charge in [-0.15, -0.1) is 0 Å². The molecule has 2 aromatic carbocycles. The molecule has 9 nitrogen and oxygen atoms in total. The number of thiazole rings is 1. The first-order valence-electron chi connectivity index (χ1n) is 12.2. The Morgan fingerprint density at radius 3 is 2.56 bits per heavy atom. The summed E-state index contributed by atoms with van der Waals surface area (Å²) in [7, 11) is 1.26. The highest BCUT2D eigenvalue weighted by molar-refractivity contribution is 7.07. The maximum absolute atomic E-state index is 14.4. The molecule has 204 valence electrons. The van der Waals surface area contributed by atoms with Crippen LogP contribution in [-0.2, 0) is 19.1 Å². The van der Waals surface area contributed by atoms with E-state index >= 15 is 0 Å². The van der Waals surface area contributed by atoms with Crippen molar-refractivity contribution >= 4 is 29.4 Å². The van der Waals surface area contributed by atoms with Crippen molar-refractivity contribution in [2.24, 2.45) is 4.99 Å². The lowest BCUT2D eigenvalue weighted by Gasteiger charge is -2.25. The van der Waals surface area contributed by atoms with E-state index in [-0.39, 0.29) is 34.6 Å². The Labute approximate surface area is 227 Å². The quantitative estimate of drug-likeness (QED) is 0.375. The summed E-state index contributed by atoms with van der Waals surface area (Å²) in [5.41, 5.74) is 0.921. The number of aromatic nitrogens is 1. The van der Waals surface area contributed by atoms with Crippen molar-refractivity contribution in [2.45, 2.75) is 26.8 Å². The first-order chi connectivity index (χ1) is 18.8. The number of halogens is 1.